The first-order valence-electron chi connectivity index (χ1n) is 6.19. The van der Waals surface area contributed by atoms with Crippen LogP contribution in [0.25, 0.3) is 0 Å². The monoisotopic (exact) mass is 308 g/mol. The normalized spacial score (nSPS) is 10.4. The van der Waals surface area contributed by atoms with Crippen LogP contribution in [0.1, 0.15) is 12.1 Å². The first-order chi connectivity index (χ1) is 9.95. The molecule has 0 aliphatic carbocycles. The second-order valence-electron chi connectivity index (χ2n) is 4.44. The van der Waals surface area contributed by atoms with E-state index in [0.717, 1.165) is 5.69 Å². The molecule has 21 heavy (non-hydrogen) atoms. The molecular weight excluding hydrogens is 296 g/mol. The molecule has 7 nitrogen and oxygen atoms in total. The third-order valence-electron chi connectivity index (χ3n) is 2.77. The van der Waals surface area contributed by atoms with Crippen LogP contribution < -0.4 is 5.32 Å². The van der Waals surface area contributed by atoms with Crippen LogP contribution in [0.15, 0.2) is 30.5 Å². The number of nitro groups is 1. The molecule has 0 fully saturated rings. The van der Waals surface area contributed by atoms with Gasteiger partial charge in [-0.15, -0.1) is 0 Å². The number of nitrogens with zero attached hydrogens (tertiary/aromatic N) is 3. The number of carbonyl (C=O) groups excluding carboxylic acids is 1. The molecule has 1 amide bonds. The lowest BCUT2D eigenvalue weighted by molar-refractivity contribution is -0.383. The summed E-state index contributed by atoms with van der Waals surface area (Å²) in [6.45, 7) is 2.26. The largest absolute Gasteiger partial charge is 0.320 e. The maximum Gasteiger partial charge on any atom is 0.294 e. The molecule has 2 rings (SSSR count). The van der Waals surface area contributed by atoms with Crippen LogP contribution in [0.4, 0.5) is 11.4 Å². The van der Waals surface area contributed by atoms with E-state index in [2.05, 4.69) is 10.4 Å². The van der Waals surface area contributed by atoms with Crippen molar-refractivity contribution in [1.82, 2.24) is 9.78 Å². The van der Waals surface area contributed by atoms with Crippen LogP contribution in [0.5, 0.6) is 0 Å². The van der Waals surface area contributed by atoms with Crippen molar-refractivity contribution >= 4 is 28.9 Å². The Bertz CT molecular complexity index is 684. The van der Waals surface area contributed by atoms with Gasteiger partial charge in [-0.05, 0) is 25.1 Å². The summed E-state index contributed by atoms with van der Waals surface area (Å²) in [5.74, 6) is -0.325. The van der Waals surface area contributed by atoms with E-state index in [4.69, 9.17) is 11.6 Å². The highest BCUT2D eigenvalue weighted by Gasteiger charge is 2.16. The van der Waals surface area contributed by atoms with Gasteiger partial charge in [-0.1, -0.05) is 11.6 Å². The maximum absolute atomic E-state index is 11.8. The quantitative estimate of drug-likeness (QED) is 0.679. The van der Waals surface area contributed by atoms with E-state index in [0.29, 0.717) is 6.54 Å². The fourth-order valence-electron chi connectivity index (χ4n) is 1.78. The lowest BCUT2D eigenvalue weighted by Gasteiger charge is -2.06. The van der Waals surface area contributed by atoms with Crippen LogP contribution in [0.2, 0.25) is 5.02 Å². The molecule has 110 valence electrons. The number of benzene rings is 1. The van der Waals surface area contributed by atoms with Gasteiger partial charge in [-0.3, -0.25) is 19.6 Å². The van der Waals surface area contributed by atoms with Gasteiger partial charge in [0.1, 0.15) is 5.69 Å². The first-order valence-corrected chi connectivity index (χ1v) is 6.57. The van der Waals surface area contributed by atoms with Gasteiger partial charge in [-0.25, -0.2) is 0 Å². The Morgan fingerprint density at radius 2 is 2.24 bits per heavy atom. The summed E-state index contributed by atoms with van der Waals surface area (Å²) in [6, 6.07) is 5.94. The Hall–Kier alpha value is -2.41. The Labute approximate surface area is 125 Å². The molecule has 0 spiro atoms. The van der Waals surface area contributed by atoms with E-state index in [1.807, 2.05) is 13.0 Å². The highest BCUT2D eigenvalue weighted by Crippen LogP contribution is 2.27. The SMILES string of the molecule is Cc1ccn(CCC(=O)Nc2ccc(Cl)cc2[N+](=O)[O-])n1. The van der Waals surface area contributed by atoms with E-state index < -0.39 is 4.92 Å². The minimum Gasteiger partial charge on any atom is -0.320 e. The smallest absolute Gasteiger partial charge is 0.294 e. The fourth-order valence-corrected chi connectivity index (χ4v) is 1.94. The third-order valence-corrected chi connectivity index (χ3v) is 3.01. The molecule has 0 bridgehead atoms. The predicted octanol–water partition coefficient (Wildman–Crippen LogP) is 2.78. The van der Waals surface area contributed by atoms with Gasteiger partial charge >= 0.3 is 0 Å². The van der Waals surface area contributed by atoms with Crippen molar-refractivity contribution < 1.29 is 9.72 Å². The number of rotatable bonds is 5. The van der Waals surface area contributed by atoms with E-state index in [1.165, 1.54) is 18.2 Å². The minimum atomic E-state index is -0.585. The van der Waals surface area contributed by atoms with Crippen LogP contribution >= 0.6 is 11.6 Å². The lowest BCUT2D eigenvalue weighted by Crippen LogP contribution is -2.15. The zero-order valence-corrected chi connectivity index (χ0v) is 12.0. The van der Waals surface area contributed by atoms with Gasteiger partial charge in [0, 0.05) is 30.3 Å². The number of halogens is 1. The zero-order chi connectivity index (χ0) is 15.4. The molecule has 0 aliphatic rings. The van der Waals surface area contributed by atoms with Crippen LogP contribution in [0.3, 0.4) is 0 Å². The molecule has 1 heterocycles. The number of aryl methyl sites for hydroxylation is 2. The molecule has 2 aromatic rings. The molecule has 0 atom stereocenters. The summed E-state index contributed by atoms with van der Waals surface area (Å²) in [7, 11) is 0. The average molecular weight is 309 g/mol. The van der Waals surface area contributed by atoms with Gasteiger partial charge in [0.25, 0.3) is 5.69 Å². The van der Waals surface area contributed by atoms with Crippen molar-refractivity contribution in [2.75, 3.05) is 5.32 Å². The van der Waals surface area contributed by atoms with Gasteiger partial charge in [0.2, 0.25) is 5.91 Å². The first kappa shape index (κ1) is 15.0. The van der Waals surface area contributed by atoms with Crippen molar-refractivity contribution in [2.24, 2.45) is 0 Å². The van der Waals surface area contributed by atoms with E-state index >= 15 is 0 Å². The fraction of sp³-hybridized carbons (Fsp3) is 0.231. The Kier molecular flexibility index (Phi) is 4.54. The second kappa shape index (κ2) is 6.36. The molecule has 0 unspecified atom stereocenters. The topological polar surface area (TPSA) is 90.1 Å². The van der Waals surface area contributed by atoms with E-state index in [9.17, 15) is 14.9 Å². The van der Waals surface area contributed by atoms with E-state index in [-0.39, 0.29) is 28.7 Å². The number of carbonyl (C=O) groups is 1. The third kappa shape index (κ3) is 4.03. The van der Waals surface area contributed by atoms with Gasteiger partial charge in [0.15, 0.2) is 0 Å². The molecule has 1 aromatic carbocycles. The highest BCUT2D eigenvalue weighted by atomic mass is 35.5. The van der Waals surface area contributed by atoms with Crippen LogP contribution in [0, 0.1) is 17.0 Å². The van der Waals surface area contributed by atoms with Crippen molar-refractivity contribution in [3.8, 4) is 0 Å². The maximum atomic E-state index is 11.8. The molecular formula is C13H13ClN4O3. The van der Waals surface area contributed by atoms with Crippen molar-refractivity contribution in [3.05, 3.63) is 51.3 Å². The van der Waals surface area contributed by atoms with Gasteiger partial charge in [0.05, 0.1) is 10.6 Å². The molecule has 8 heteroatoms. The second-order valence-corrected chi connectivity index (χ2v) is 4.87. The number of aromatic nitrogens is 2. The number of hydrogen-bond donors (Lipinski definition) is 1. The Balaban J connectivity index is 2.01. The van der Waals surface area contributed by atoms with Crippen LogP contribution in [-0.2, 0) is 11.3 Å². The number of nitro benzene ring substituents is 1. The molecule has 0 radical (unpaired) electrons. The predicted molar refractivity (Wildman–Crippen MR) is 78.3 cm³/mol. The summed E-state index contributed by atoms with van der Waals surface area (Å²) >= 11 is 5.71. The summed E-state index contributed by atoms with van der Waals surface area (Å²) in [5, 5.41) is 17.8. The summed E-state index contributed by atoms with van der Waals surface area (Å²) in [6.07, 6.45) is 1.94. The summed E-state index contributed by atoms with van der Waals surface area (Å²) in [4.78, 5) is 22.2. The number of amides is 1. The molecule has 1 aromatic heterocycles. The van der Waals surface area contributed by atoms with Gasteiger partial charge < -0.3 is 5.32 Å². The summed E-state index contributed by atoms with van der Waals surface area (Å²) in [5.41, 5.74) is 0.764. The number of nitrogens with one attached hydrogen (secondary N) is 1. The molecule has 0 aliphatic heterocycles. The Morgan fingerprint density at radius 1 is 1.48 bits per heavy atom. The Morgan fingerprint density at radius 3 is 2.86 bits per heavy atom. The zero-order valence-electron chi connectivity index (χ0n) is 11.2. The van der Waals surface area contributed by atoms with Crippen LogP contribution in [-0.4, -0.2) is 20.6 Å². The molecule has 0 saturated heterocycles. The highest BCUT2D eigenvalue weighted by molar-refractivity contribution is 6.31. The minimum absolute atomic E-state index is 0.131. The molecule has 0 saturated carbocycles. The number of hydrogen-bond acceptors (Lipinski definition) is 4. The lowest BCUT2D eigenvalue weighted by atomic mass is 10.2. The van der Waals surface area contributed by atoms with Crippen molar-refractivity contribution in [1.29, 1.82) is 0 Å². The average Bonchev–Trinajstić information content (AvgIpc) is 2.84. The van der Waals surface area contributed by atoms with Gasteiger partial charge in [-0.2, -0.15) is 5.10 Å². The van der Waals surface area contributed by atoms with Crippen molar-refractivity contribution in [2.45, 2.75) is 19.9 Å². The number of anilines is 1. The standard InChI is InChI=1S/C13H13ClN4O3/c1-9-4-6-17(16-9)7-5-13(19)15-11-3-2-10(14)8-12(11)18(20)21/h2-4,6,8H,5,7H2,1H3,(H,15,19). The molecule has 1 N–H and O–H groups in total. The summed E-state index contributed by atoms with van der Waals surface area (Å²) < 4.78 is 1.64. The van der Waals surface area contributed by atoms with Crippen molar-refractivity contribution in [3.63, 3.8) is 0 Å². The van der Waals surface area contributed by atoms with E-state index in [1.54, 1.807) is 10.9 Å².